The fourth-order valence-corrected chi connectivity index (χ4v) is 1.73. The largest absolute Gasteiger partial charge is 0.352 e. The number of carbonyl (C=O) groups excluding carboxylic acids is 2. The monoisotopic (exact) mass is 291 g/mol. The van der Waals surface area contributed by atoms with E-state index in [0.29, 0.717) is 18.7 Å². The van der Waals surface area contributed by atoms with Gasteiger partial charge in [0.05, 0.1) is 6.04 Å². The Bertz CT molecular complexity index is 489. The minimum atomic E-state index is -0.549. The van der Waals surface area contributed by atoms with Crippen molar-refractivity contribution < 1.29 is 9.59 Å². The molecule has 116 valence electrons. The Hall–Kier alpha value is -1.88. The molecule has 0 saturated carbocycles. The van der Waals surface area contributed by atoms with Crippen LogP contribution in [0.1, 0.15) is 43.6 Å². The summed E-state index contributed by atoms with van der Waals surface area (Å²) in [6.45, 7) is 8.66. The highest BCUT2D eigenvalue weighted by Crippen LogP contribution is 2.17. The first-order chi connectivity index (χ1) is 9.75. The van der Waals surface area contributed by atoms with Gasteiger partial charge in [-0.05, 0) is 30.0 Å². The number of benzene rings is 1. The van der Waals surface area contributed by atoms with Crippen LogP contribution in [-0.2, 0) is 11.3 Å². The fourth-order valence-electron chi connectivity index (χ4n) is 1.73. The highest BCUT2D eigenvalue weighted by atomic mass is 16.2. The number of nitrogens with two attached hydrogens (primary N) is 1. The Morgan fingerprint density at radius 2 is 1.71 bits per heavy atom. The van der Waals surface area contributed by atoms with Crippen LogP contribution in [0.2, 0.25) is 0 Å². The van der Waals surface area contributed by atoms with Crippen molar-refractivity contribution in [3.05, 3.63) is 35.4 Å². The molecule has 1 aromatic rings. The predicted molar refractivity (Wildman–Crippen MR) is 83.7 cm³/mol. The molecule has 0 aliphatic heterocycles. The van der Waals surface area contributed by atoms with Gasteiger partial charge in [0.25, 0.3) is 5.91 Å². The van der Waals surface area contributed by atoms with Gasteiger partial charge in [-0.3, -0.25) is 9.59 Å². The molecule has 0 aromatic heterocycles. The number of rotatable bonds is 5. The fraction of sp³-hybridized carbons (Fsp3) is 0.500. The first-order valence-electron chi connectivity index (χ1n) is 7.16. The van der Waals surface area contributed by atoms with Gasteiger partial charge in [-0.2, -0.15) is 0 Å². The smallest absolute Gasteiger partial charge is 0.251 e. The van der Waals surface area contributed by atoms with E-state index < -0.39 is 6.04 Å². The van der Waals surface area contributed by atoms with Crippen LogP contribution in [-0.4, -0.2) is 24.4 Å². The van der Waals surface area contributed by atoms with E-state index in [1.807, 2.05) is 39.8 Å². The minimum absolute atomic E-state index is 0.0946. The second-order valence-electron chi connectivity index (χ2n) is 6.12. The summed E-state index contributed by atoms with van der Waals surface area (Å²) in [5.74, 6) is -0.266. The molecule has 4 N–H and O–H groups in total. The molecule has 0 saturated heterocycles. The molecular weight excluding hydrogens is 266 g/mol. The molecule has 1 atom stereocenters. The van der Waals surface area contributed by atoms with Gasteiger partial charge in [0.2, 0.25) is 5.91 Å². The van der Waals surface area contributed by atoms with Crippen LogP contribution >= 0.6 is 0 Å². The molecule has 1 aromatic carbocycles. The molecule has 0 radical (unpaired) electrons. The first-order valence-corrected chi connectivity index (χ1v) is 7.16. The van der Waals surface area contributed by atoms with Gasteiger partial charge in [-0.25, -0.2) is 0 Å². The highest BCUT2D eigenvalue weighted by Gasteiger charge is 2.27. The van der Waals surface area contributed by atoms with E-state index in [0.717, 1.165) is 5.56 Å². The summed E-state index contributed by atoms with van der Waals surface area (Å²) in [5, 5.41) is 5.55. The van der Waals surface area contributed by atoms with Crippen molar-refractivity contribution in [2.45, 2.75) is 40.3 Å². The predicted octanol–water partition coefficient (Wildman–Crippen LogP) is 1.43. The molecule has 2 amide bonds. The van der Waals surface area contributed by atoms with Crippen LogP contribution in [0, 0.1) is 5.41 Å². The van der Waals surface area contributed by atoms with E-state index >= 15 is 0 Å². The second kappa shape index (κ2) is 7.22. The number of amides is 2. The molecule has 0 aliphatic rings. The lowest BCUT2D eigenvalue weighted by atomic mass is 9.87. The molecule has 21 heavy (non-hydrogen) atoms. The summed E-state index contributed by atoms with van der Waals surface area (Å²) in [6, 6.07) is 6.60. The topological polar surface area (TPSA) is 84.2 Å². The average molecular weight is 291 g/mol. The van der Waals surface area contributed by atoms with Crippen LogP contribution in [0.5, 0.6) is 0 Å². The van der Waals surface area contributed by atoms with Crippen LogP contribution in [0.4, 0.5) is 0 Å². The third-order valence-electron chi connectivity index (χ3n) is 3.24. The van der Waals surface area contributed by atoms with E-state index in [2.05, 4.69) is 10.6 Å². The summed E-state index contributed by atoms with van der Waals surface area (Å²) in [5.41, 5.74) is 7.16. The molecule has 0 heterocycles. The number of nitrogens with one attached hydrogen (secondary N) is 2. The molecule has 5 nitrogen and oxygen atoms in total. The van der Waals surface area contributed by atoms with Crippen molar-refractivity contribution in [3.8, 4) is 0 Å². The second-order valence-corrected chi connectivity index (χ2v) is 6.12. The van der Waals surface area contributed by atoms with Crippen molar-refractivity contribution in [1.82, 2.24) is 10.6 Å². The van der Waals surface area contributed by atoms with Crippen molar-refractivity contribution in [3.63, 3.8) is 0 Å². The Kier molecular flexibility index (Phi) is 5.90. The van der Waals surface area contributed by atoms with Gasteiger partial charge in [-0.15, -0.1) is 0 Å². The van der Waals surface area contributed by atoms with E-state index in [4.69, 9.17) is 5.73 Å². The van der Waals surface area contributed by atoms with Gasteiger partial charge < -0.3 is 16.4 Å². The van der Waals surface area contributed by atoms with E-state index in [1.165, 1.54) is 0 Å². The summed E-state index contributed by atoms with van der Waals surface area (Å²) in [4.78, 5) is 23.5. The van der Waals surface area contributed by atoms with Crippen LogP contribution in [0.25, 0.3) is 0 Å². The molecule has 0 spiro atoms. The zero-order chi connectivity index (χ0) is 16.0. The molecule has 5 heteroatoms. The van der Waals surface area contributed by atoms with Gasteiger partial charge >= 0.3 is 0 Å². The Morgan fingerprint density at radius 3 is 2.19 bits per heavy atom. The van der Waals surface area contributed by atoms with E-state index in [1.54, 1.807) is 12.1 Å². The van der Waals surface area contributed by atoms with Crippen molar-refractivity contribution in [2.24, 2.45) is 11.1 Å². The third-order valence-corrected chi connectivity index (χ3v) is 3.24. The van der Waals surface area contributed by atoms with Crippen LogP contribution < -0.4 is 16.4 Å². The molecule has 0 fully saturated rings. The number of hydrogen-bond donors (Lipinski definition) is 3. The minimum Gasteiger partial charge on any atom is -0.352 e. The van der Waals surface area contributed by atoms with E-state index in [9.17, 15) is 9.59 Å². The van der Waals surface area contributed by atoms with Crippen molar-refractivity contribution >= 4 is 11.8 Å². The third kappa shape index (κ3) is 5.19. The Morgan fingerprint density at radius 1 is 1.14 bits per heavy atom. The van der Waals surface area contributed by atoms with Gasteiger partial charge in [-0.1, -0.05) is 32.9 Å². The van der Waals surface area contributed by atoms with Crippen LogP contribution in [0.3, 0.4) is 0 Å². The first kappa shape index (κ1) is 17.2. The quantitative estimate of drug-likeness (QED) is 0.767. The summed E-state index contributed by atoms with van der Waals surface area (Å²) in [6.07, 6.45) is 0. The lowest BCUT2D eigenvalue weighted by Crippen LogP contribution is -2.48. The van der Waals surface area contributed by atoms with Crippen molar-refractivity contribution in [1.29, 1.82) is 0 Å². The maximum Gasteiger partial charge on any atom is 0.251 e. The van der Waals surface area contributed by atoms with Crippen LogP contribution in [0.15, 0.2) is 24.3 Å². The molecule has 0 bridgehead atoms. The lowest BCUT2D eigenvalue weighted by molar-refractivity contribution is -0.124. The number of carbonyl (C=O) groups is 2. The van der Waals surface area contributed by atoms with Gasteiger partial charge in [0.1, 0.15) is 0 Å². The Balaban J connectivity index is 2.57. The molecule has 1 rings (SSSR count). The number of hydrogen-bond acceptors (Lipinski definition) is 3. The average Bonchev–Trinajstić information content (AvgIpc) is 2.43. The van der Waals surface area contributed by atoms with E-state index in [-0.39, 0.29) is 17.2 Å². The Labute approximate surface area is 126 Å². The van der Waals surface area contributed by atoms with Gasteiger partial charge in [0.15, 0.2) is 0 Å². The maximum atomic E-state index is 11.9. The zero-order valence-corrected chi connectivity index (χ0v) is 13.2. The molecule has 0 unspecified atom stereocenters. The summed E-state index contributed by atoms with van der Waals surface area (Å²) < 4.78 is 0. The maximum absolute atomic E-state index is 11.9. The SMILES string of the molecule is CCNC(=O)c1ccc(CNC(=O)[C@@H](N)C(C)(C)C)cc1. The lowest BCUT2D eigenvalue weighted by Gasteiger charge is -2.25. The highest BCUT2D eigenvalue weighted by molar-refractivity contribution is 5.94. The molecular formula is C16H25N3O2. The summed E-state index contributed by atoms with van der Waals surface area (Å²) in [7, 11) is 0. The summed E-state index contributed by atoms with van der Waals surface area (Å²) >= 11 is 0. The zero-order valence-electron chi connectivity index (χ0n) is 13.2. The molecule has 0 aliphatic carbocycles. The standard InChI is InChI=1S/C16H25N3O2/c1-5-18-14(20)12-8-6-11(7-9-12)10-19-15(21)13(17)16(2,3)4/h6-9,13H,5,10,17H2,1-4H3,(H,18,20)(H,19,21)/t13-/m1/s1. The van der Waals surface area contributed by atoms with Gasteiger partial charge in [0, 0.05) is 18.7 Å². The normalized spacial score (nSPS) is 12.6. The van der Waals surface area contributed by atoms with Crippen molar-refractivity contribution in [2.75, 3.05) is 6.54 Å².